The van der Waals surface area contributed by atoms with Gasteiger partial charge in [0.15, 0.2) is 0 Å². The van der Waals surface area contributed by atoms with Crippen LogP contribution in [0.15, 0.2) is 18.2 Å². The van der Waals surface area contributed by atoms with Crippen molar-refractivity contribution in [3.05, 3.63) is 35.4 Å². The van der Waals surface area contributed by atoms with Crippen LogP contribution in [0.3, 0.4) is 0 Å². The first-order chi connectivity index (χ1) is 9.10. The van der Waals surface area contributed by atoms with Crippen molar-refractivity contribution in [2.45, 2.75) is 45.3 Å². The van der Waals surface area contributed by atoms with Gasteiger partial charge in [-0.05, 0) is 44.5 Å². The molecule has 0 heterocycles. The number of hydrogen-bond donors (Lipinski definition) is 1. The Morgan fingerprint density at radius 1 is 1.16 bits per heavy atom. The van der Waals surface area contributed by atoms with Crippen LogP contribution in [0.4, 0.5) is 8.78 Å². The van der Waals surface area contributed by atoms with Gasteiger partial charge in [0, 0.05) is 18.7 Å². The van der Waals surface area contributed by atoms with Crippen molar-refractivity contribution < 1.29 is 13.5 Å². The fourth-order valence-corrected chi connectivity index (χ4v) is 2.30. The van der Waals surface area contributed by atoms with Gasteiger partial charge in [0.1, 0.15) is 11.6 Å². The molecular weight excluding hydrogens is 248 g/mol. The molecule has 1 rings (SSSR count). The fourth-order valence-electron chi connectivity index (χ4n) is 2.30. The first-order valence-corrected chi connectivity index (χ1v) is 6.84. The third-order valence-corrected chi connectivity index (χ3v) is 3.15. The predicted molar refractivity (Wildman–Crippen MR) is 73.2 cm³/mol. The SMILES string of the molecule is CCCC(OCC)C(Cc1cc(F)cc(F)c1)NC. The van der Waals surface area contributed by atoms with Gasteiger partial charge in [-0.15, -0.1) is 0 Å². The summed E-state index contributed by atoms with van der Waals surface area (Å²) in [5.41, 5.74) is 0.651. The van der Waals surface area contributed by atoms with Crippen molar-refractivity contribution in [2.24, 2.45) is 0 Å². The third kappa shape index (κ3) is 5.25. The number of hydrogen-bond acceptors (Lipinski definition) is 2. The van der Waals surface area contributed by atoms with Gasteiger partial charge in [-0.25, -0.2) is 8.78 Å². The first-order valence-electron chi connectivity index (χ1n) is 6.84. The van der Waals surface area contributed by atoms with Gasteiger partial charge in [0.05, 0.1) is 6.10 Å². The van der Waals surface area contributed by atoms with Crippen LogP contribution in [-0.4, -0.2) is 25.8 Å². The summed E-state index contributed by atoms with van der Waals surface area (Å²) in [5.74, 6) is -1.07. The van der Waals surface area contributed by atoms with Gasteiger partial charge in [-0.3, -0.25) is 0 Å². The van der Waals surface area contributed by atoms with Crippen molar-refractivity contribution in [3.63, 3.8) is 0 Å². The van der Waals surface area contributed by atoms with Crippen LogP contribution in [0.2, 0.25) is 0 Å². The Bertz CT molecular complexity index is 358. The maximum Gasteiger partial charge on any atom is 0.126 e. The highest BCUT2D eigenvalue weighted by molar-refractivity contribution is 5.19. The highest BCUT2D eigenvalue weighted by atomic mass is 19.1. The summed E-state index contributed by atoms with van der Waals surface area (Å²) in [6, 6.07) is 3.70. The lowest BCUT2D eigenvalue weighted by molar-refractivity contribution is 0.0300. The smallest absolute Gasteiger partial charge is 0.126 e. The zero-order valence-electron chi connectivity index (χ0n) is 11.9. The molecule has 2 nitrogen and oxygen atoms in total. The molecular formula is C15H23F2NO. The van der Waals surface area contributed by atoms with E-state index in [9.17, 15) is 8.78 Å². The highest BCUT2D eigenvalue weighted by Crippen LogP contribution is 2.15. The van der Waals surface area contributed by atoms with Gasteiger partial charge >= 0.3 is 0 Å². The molecule has 108 valence electrons. The Morgan fingerprint density at radius 2 is 1.79 bits per heavy atom. The minimum absolute atomic E-state index is 0.0566. The number of nitrogens with one attached hydrogen (secondary N) is 1. The summed E-state index contributed by atoms with van der Waals surface area (Å²) in [6.45, 7) is 4.69. The molecule has 0 radical (unpaired) electrons. The van der Waals surface area contributed by atoms with Crippen LogP contribution in [0, 0.1) is 11.6 Å². The standard InChI is InChI=1S/C15H23F2NO/c1-4-6-15(19-5-2)14(18-3)9-11-7-12(16)10-13(17)8-11/h7-8,10,14-15,18H,4-6,9H2,1-3H3. The predicted octanol–water partition coefficient (Wildman–Crippen LogP) is 3.30. The van der Waals surface area contributed by atoms with E-state index in [1.165, 1.54) is 12.1 Å². The van der Waals surface area contributed by atoms with Crippen molar-refractivity contribution >= 4 is 0 Å². The number of rotatable bonds is 8. The molecule has 4 heteroatoms. The minimum atomic E-state index is -0.534. The van der Waals surface area contributed by atoms with E-state index in [1.54, 1.807) is 0 Å². The average molecular weight is 271 g/mol. The van der Waals surface area contributed by atoms with Crippen molar-refractivity contribution in [3.8, 4) is 0 Å². The summed E-state index contributed by atoms with van der Waals surface area (Å²) in [6.07, 6.45) is 2.55. The van der Waals surface area contributed by atoms with E-state index in [0.29, 0.717) is 18.6 Å². The number of ether oxygens (including phenoxy) is 1. The molecule has 0 aliphatic heterocycles. The summed E-state index contributed by atoms with van der Waals surface area (Å²) in [5, 5.41) is 3.19. The summed E-state index contributed by atoms with van der Waals surface area (Å²) >= 11 is 0. The molecule has 0 saturated heterocycles. The summed E-state index contributed by atoms with van der Waals surface area (Å²) in [4.78, 5) is 0. The zero-order chi connectivity index (χ0) is 14.3. The Labute approximate surface area is 114 Å². The van der Waals surface area contributed by atoms with E-state index in [-0.39, 0.29) is 12.1 Å². The van der Waals surface area contributed by atoms with Crippen molar-refractivity contribution in [2.75, 3.05) is 13.7 Å². The molecule has 0 fully saturated rings. The molecule has 1 aromatic rings. The van der Waals surface area contributed by atoms with Crippen LogP contribution in [0.5, 0.6) is 0 Å². The monoisotopic (exact) mass is 271 g/mol. The second-order valence-electron chi connectivity index (χ2n) is 4.66. The fraction of sp³-hybridized carbons (Fsp3) is 0.600. The van der Waals surface area contributed by atoms with Crippen LogP contribution in [0.25, 0.3) is 0 Å². The normalized spacial score (nSPS) is 14.4. The maximum atomic E-state index is 13.2. The van der Waals surface area contributed by atoms with E-state index in [4.69, 9.17) is 4.74 Å². The average Bonchev–Trinajstić information content (AvgIpc) is 2.34. The van der Waals surface area contributed by atoms with Gasteiger partial charge < -0.3 is 10.1 Å². The molecule has 0 spiro atoms. The van der Waals surface area contributed by atoms with E-state index in [2.05, 4.69) is 12.2 Å². The number of likely N-dealkylation sites (N-methyl/N-ethyl adjacent to an activating group) is 1. The number of halogens is 2. The zero-order valence-corrected chi connectivity index (χ0v) is 11.9. The molecule has 2 atom stereocenters. The Morgan fingerprint density at radius 3 is 2.26 bits per heavy atom. The second-order valence-corrected chi connectivity index (χ2v) is 4.66. The van der Waals surface area contributed by atoms with Crippen molar-refractivity contribution in [1.82, 2.24) is 5.32 Å². The minimum Gasteiger partial charge on any atom is -0.377 e. The van der Waals surface area contributed by atoms with Gasteiger partial charge in [0.2, 0.25) is 0 Å². The number of benzene rings is 1. The quantitative estimate of drug-likeness (QED) is 0.783. The Hall–Kier alpha value is -1.00. The summed E-state index contributed by atoms with van der Waals surface area (Å²) in [7, 11) is 1.85. The molecule has 0 aromatic heterocycles. The lowest BCUT2D eigenvalue weighted by Gasteiger charge is -2.26. The van der Waals surface area contributed by atoms with Crippen LogP contribution in [0.1, 0.15) is 32.3 Å². The van der Waals surface area contributed by atoms with E-state index < -0.39 is 11.6 Å². The lowest BCUT2D eigenvalue weighted by atomic mass is 9.98. The molecule has 2 unspecified atom stereocenters. The summed E-state index contributed by atoms with van der Waals surface area (Å²) < 4.78 is 32.1. The lowest BCUT2D eigenvalue weighted by Crippen LogP contribution is -2.41. The second kappa shape index (κ2) is 8.23. The molecule has 0 saturated carbocycles. The Balaban J connectivity index is 2.78. The maximum absolute atomic E-state index is 13.2. The molecule has 0 bridgehead atoms. The van der Waals surface area contributed by atoms with Gasteiger partial charge in [0.25, 0.3) is 0 Å². The molecule has 19 heavy (non-hydrogen) atoms. The van der Waals surface area contributed by atoms with E-state index >= 15 is 0 Å². The van der Waals surface area contributed by atoms with E-state index in [0.717, 1.165) is 18.9 Å². The molecule has 1 aromatic carbocycles. The first kappa shape index (κ1) is 16.1. The van der Waals surface area contributed by atoms with Crippen LogP contribution in [-0.2, 0) is 11.2 Å². The van der Waals surface area contributed by atoms with Gasteiger partial charge in [-0.1, -0.05) is 13.3 Å². The largest absolute Gasteiger partial charge is 0.377 e. The van der Waals surface area contributed by atoms with E-state index in [1.807, 2.05) is 14.0 Å². The molecule has 1 N–H and O–H groups in total. The van der Waals surface area contributed by atoms with Crippen molar-refractivity contribution in [1.29, 1.82) is 0 Å². The molecule has 0 aliphatic rings. The molecule has 0 aliphatic carbocycles. The molecule has 0 amide bonds. The van der Waals surface area contributed by atoms with Gasteiger partial charge in [-0.2, -0.15) is 0 Å². The van der Waals surface area contributed by atoms with Crippen LogP contribution >= 0.6 is 0 Å². The topological polar surface area (TPSA) is 21.3 Å². The Kier molecular flexibility index (Phi) is 6.95. The van der Waals surface area contributed by atoms with Crippen LogP contribution < -0.4 is 5.32 Å². The third-order valence-electron chi connectivity index (χ3n) is 3.15. The highest BCUT2D eigenvalue weighted by Gasteiger charge is 2.20.